The van der Waals surface area contributed by atoms with Gasteiger partial charge >= 0.3 is 0 Å². The number of benzene rings is 2. The molecule has 0 saturated carbocycles. The first-order valence-electron chi connectivity index (χ1n) is 8.47. The molecule has 0 bridgehead atoms. The second kappa shape index (κ2) is 6.97. The van der Waals surface area contributed by atoms with E-state index in [2.05, 4.69) is 10.3 Å². The number of carbonyl (C=O) groups excluding carboxylic acids is 3. The van der Waals surface area contributed by atoms with Crippen molar-refractivity contribution in [3.05, 3.63) is 93.5 Å². The monoisotopic (exact) mass is 388 g/mol. The number of nitro benzene ring substituents is 1. The number of nitrogens with zero attached hydrogens (tertiary/aromatic N) is 3. The number of pyridine rings is 1. The highest BCUT2D eigenvalue weighted by Gasteiger charge is 2.37. The summed E-state index contributed by atoms with van der Waals surface area (Å²) in [6.07, 6.45) is 0. The molecule has 3 amide bonds. The number of carbonyl (C=O) groups is 3. The highest BCUT2D eigenvalue weighted by Crippen LogP contribution is 2.28. The van der Waals surface area contributed by atoms with E-state index in [1.807, 2.05) is 0 Å². The Morgan fingerprint density at radius 1 is 0.897 bits per heavy atom. The Bertz CT molecular complexity index is 1160. The molecule has 0 atom stereocenters. The standard InChI is InChI=1S/C20H12N4O5/c25-18(14-8-3-4-9-15(14)24(28)29)22-16-10-5-11-17(21-16)23-19(26)12-6-1-2-7-13(12)20(23)27/h1-11H,(H,21,22,25). The molecule has 1 aromatic heterocycles. The normalized spacial score (nSPS) is 12.6. The summed E-state index contributed by atoms with van der Waals surface area (Å²) < 4.78 is 0. The van der Waals surface area contributed by atoms with E-state index in [0.717, 1.165) is 4.90 Å². The number of nitro groups is 1. The third kappa shape index (κ3) is 3.10. The number of hydrogen-bond acceptors (Lipinski definition) is 6. The fourth-order valence-corrected chi connectivity index (χ4v) is 3.02. The maximum Gasteiger partial charge on any atom is 0.282 e. The number of rotatable bonds is 4. The van der Waals surface area contributed by atoms with Crippen LogP contribution in [0.1, 0.15) is 31.1 Å². The zero-order valence-electron chi connectivity index (χ0n) is 14.7. The second-order valence-electron chi connectivity index (χ2n) is 6.10. The van der Waals surface area contributed by atoms with Crippen LogP contribution in [-0.4, -0.2) is 27.6 Å². The maximum atomic E-state index is 12.6. The minimum Gasteiger partial charge on any atom is -0.306 e. The molecule has 2 heterocycles. The zero-order valence-corrected chi connectivity index (χ0v) is 14.7. The summed E-state index contributed by atoms with van der Waals surface area (Å²) in [7, 11) is 0. The van der Waals surface area contributed by atoms with E-state index in [4.69, 9.17) is 0 Å². The Labute approximate surface area is 163 Å². The van der Waals surface area contributed by atoms with Gasteiger partial charge in [0.1, 0.15) is 17.2 Å². The van der Waals surface area contributed by atoms with Crippen LogP contribution in [0.5, 0.6) is 0 Å². The van der Waals surface area contributed by atoms with Gasteiger partial charge in [0.05, 0.1) is 16.1 Å². The largest absolute Gasteiger partial charge is 0.306 e. The highest BCUT2D eigenvalue weighted by molar-refractivity contribution is 6.34. The van der Waals surface area contributed by atoms with E-state index < -0.39 is 22.6 Å². The molecule has 9 nitrogen and oxygen atoms in total. The first-order chi connectivity index (χ1) is 14.0. The van der Waals surface area contributed by atoms with Gasteiger partial charge in [-0.2, -0.15) is 0 Å². The van der Waals surface area contributed by atoms with Gasteiger partial charge in [0, 0.05) is 6.07 Å². The lowest BCUT2D eigenvalue weighted by molar-refractivity contribution is -0.385. The smallest absolute Gasteiger partial charge is 0.282 e. The van der Waals surface area contributed by atoms with Gasteiger partial charge in [0.2, 0.25) is 0 Å². The lowest BCUT2D eigenvalue weighted by Crippen LogP contribution is -2.30. The van der Waals surface area contributed by atoms with E-state index in [1.54, 1.807) is 24.3 Å². The molecule has 0 fully saturated rings. The molecule has 2 aromatic carbocycles. The summed E-state index contributed by atoms with van der Waals surface area (Å²) in [6.45, 7) is 0. The van der Waals surface area contributed by atoms with Crippen LogP contribution >= 0.6 is 0 Å². The molecule has 0 unspecified atom stereocenters. The second-order valence-corrected chi connectivity index (χ2v) is 6.10. The number of para-hydroxylation sites is 1. The lowest BCUT2D eigenvalue weighted by atomic mass is 10.1. The predicted octanol–water partition coefficient (Wildman–Crippen LogP) is 3.04. The Morgan fingerprint density at radius 2 is 1.52 bits per heavy atom. The SMILES string of the molecule is O=C(Nc1cccc(N2C(=O)c3ccccc3C2=O)n1)c1ccccc1[N+](=O)[O-]. The van der Waals surface area contributed by atoms with Crippen molar-refractivity contribution in [2.75, 3.05) is 10.2 Å². The van der Waals surface area contributed by atoms with Crippen LogP contribution in [-0.2, 0) is 0 Å². The summed E-state index contributed by atoms with van der Waals surface area (Å²) in [5.74, 6) is -1.68. The minimum absolute atomic E-state index is 0.0385. The average molecular weight is 388 g/mol. The molecule has 0 saturated heterocycles. The Balaban J connectivity index is 1.63. The molecule has 1 aliphatic heterocycles. The summed E-state index contributed by atoms with van der Waals surface area (Å²) >= 11 is 0. The summed E-state index contributed by atoms with van der Waals surface area (Å²) in [5, 5.41) is 13.6. The fraction of sp³-hybridized carbons (Fsp3) is 0. The van der Waals surface area contributed by atoms with Crippen molar-refractivity contribution >= 4 is 35.0 Å². The van der Waals surface area contributed by atoms with Gasteiger partial charge in [-0.15, -0.1) is 0 Å². The Hall–Kier alpha value is -4.40. The summed E-state index contributed by atoms with van der Waals surface area (Å²) in [5.41, 5.74) is 0.0641. The predicted molar refractivity (Wildman–Crippen MR) is 103 cm³/mol. The number of hydrogen-bond donors (Lipinski definition) is 1. The molecule has 0 radical (unpaired) electrons. The Kier molecular flexibility index (Phi) is 4.32. The molecule has 1 N–H and O–H groups in total. The van der Waals surface area contributed by atoms with Crippen molar-refractivity contribution in [2.45, 2.75) is 0 Å². The molecular weight excluding hydrogens is 376 g/mol. The number of imide groups is 1. The van der Waals surface area contributed by atoms with Gasteiger partial charge in [-0.05, 0) is 30.3 Å². The van der Waals surface area contributed by atoms with Gasteiger partial charge in [-0.3, -0.25) is 24.5 Å². The maximum absolute atomic E-state index is 12.6. The Morgan fingerprint density at radius 3 is 2.17 bits per heavy atom. The number of nitrogens with one attached hydrogen (secondary N) is 1. The number of aromatic nitrogens is 1. The molecule has 3 aromatic rings. The third-order valence-electron chi connectivity index (χ3n) is 4.34. The van der Waals surface area contributed by atoms with Crippen molar-refractivity contribution in [3.8, 4) is 0 Å². The molecule has 9 heteroatoms. The van der Waals surface area contributed by atoms with Crippen molar-refractivity contribution < 1.29 is 19.3 Å². The first kappa shape index (κ1) is 18.0. The van der Waals surface area contributed by atoms with Crippen LogP contribution in [0.4, 0.5) is 17.3 Å². The van der Waals surface area contributed by atoms with Crippen molar-refractivity contribution in [3.63, 3.8) is 0 Å². The van der Waals surface area contributed by atoms with Crippen LogP contribution in [0.25, 0.3) is 0 Å². The topological polar surface area (TPSA) is 123 Å². The molecule has 0 aliphatic carbocycles. The van der Waals surface area contributed by atoms with Crippen LogP contribution in [0, 0.1) is 10.1 Å². The van der Waals surface area contributed by atoms with Gasteiger partial charge in [0.15, 0.2) is 0 Å². The van der Waals surface area contributed by atoms with Crippen molar-refractivity contribution in [1.82, 2.24) is 4.98 Å². The third-order valence-corrected chi connectivity index (χ3v) is 4.34. The van der Waals surface area contributed by atoms with E-state index in [9.17, 15) is 24.5 Å². The van der Waals surface area contributed by atoms with E-state index in [0.29, 0.717) is 0 Å². The van der Waals surface area contributed by atoms with E-state index in [1.165, 1.54) is 42.5 Å². The molecule has 4 rings (SSSR count). The van der Waals surface area contributed by atoms with Crippen LogP contribution < -0.4 is 10.2 Å². The fourth-order valence-electron chi connectivity index (χ4n) is 3.02. The molecule has 1 aliphatic rings. The van der Waals surface area contributed by atoms with Crippen LogP contribution in [0.3, 0.4) is 0 Å². The van der Waals surface area contributed by atoms with Crippen molar-refractivity contribution in [2.24, 2.45) is 0 Å². The van der Waals surface area contributed by atoms with E-state index >= 15 is 0 Å². The average Bonchev–Trinajstić information content (AvgIpc) is 2.99. The molecule has 142 valence electrons. The van der Waals surface area contributed by atoms with Gasteiger partial charge < -0.3 is 5.32 Å². The lowest BCUT2D eigenvalue weighted by Gasteiger charge is -2.14. The highest BCUT2D eigenvalue weighted by atomic mass is 16.6. The minimum atomic E-state index is -0.732. The van der Waals surface area contributed by atoms with Crippen LogP contribution in [0.15, 0.2) is 66.7 Å². The quantitative estimate of drug-likeness (QED) is 0.416. The molecular formula is C20H12N4O5. The first-order valence-corrected chi connectivity index (χ1v) is 8.47. The van der Waals surface area contributed by atoms with Crippen molar-refractivity contribution in [1.29, 1.82) is 0 Å². The van der Waals surface area contributed by atoms with Gasteiger partial charge in [0.25, 0.3) is 23.4 Å². The van der Waals surface area contributed by atoms with Crippen LogP contribution in [0.2, 0.25) is 0 Å². The number of anilines is 2. The van der Waals surface area contributed by atoms with Gasteiger partial charge in [-0.1, -0.05) is 30.3 Å². The molecule has 0 spiro atoms. The summed E-state index contributed by atoms with van der Waals surface area (Å²) in [6, 6.07) is 16.3. The summed E-state index contributed by atoms with van der Waals surface area (Å²) in [4.78, 5) is 53.2. The number of amides is 3. The zero-order chi connectivity index (χ0) is 20.5. The molecule has 29 heavy (non-hydrogen) atoms. The number of fused-ring (bicyclic) bond motifs is 1. The van der Waals surface area contributed by atoms with E-state index in [-0.39, 0.29) is 34.0 Å². The van der Waals surface area contributed by atoms with Gasteiger partial charge in [-0.25, -0.2) is 9.88 Å².